The summed E-state index contributed by atoms with van der Waals surface area (Å²) in [7, 11) is 0.610. The van der Waals surface area contributed by atoms with Gasteiger partial charge in [0.2, 0.25) is 5.91 Å². The number of hydrogen-bond acceptors (Lipinski definition) is 5. The van der Waals surface area contributed by atoms with Gasteiger partial charge in [-0.1, -0.05) is 6.92 Å². The quantitative estimate of drug-likeness (QED) is 0.682. The normalized spacial score (nSPS) is 29.8. The third-order valence-electron chi connectivity index (χ3n) is 5.50. The zero-order chi connectivity index (χ0) is 17.7. The summed E-state index contributed by atoms with van der Waals surface area (Å²) in [5, 5.41) is 0. The molecule has 0 aromatic rings. The molecule has 1 unspecified atom stereocenters. The number of ether oxygens (including phenoxy) is 1. The van der Waals surface area contributed by atoms with Crippen LogP contribution in [0.25, 0.3) is 0 Å². The molecule has 1 amide bonds. The van der Waals surface area contributed by atoms with E-state index in [2.05, 4.69) is 11.8 Å². The first-order valence-electron chi connectivity index (χ1n) is 9.01. The number of hydrogen-bond donors (Lipinski definition) is 0. The number of methoxy groups -OCH3 is 1. The van der Waals surface area contributed by atoms with Gasteiger partial charge in [0.1, 0.15) is 0 Å². The zero-order valence-corrected chi connectivity index (χ0v) is 16.1. The molecular weight excluding hydrogens is 328 g/mol. The Kier molecular flexibility index (Phi) is 7.07. The van der Waals surface area contributed by atoms with E-state index in [1.54, 1.807) is 12.0 Å². The minimum atomic E-state index is -3.00. The van der Waals surface area contributed by atoms with Crippen LogP contribution in [0.4, 0.5) is 0 Å². The molecule has 1 atom stereocenters. The van der Waals surface area contributed by atoms with Crippen LogP contribution in [0.1, 0.15) is 39.0 Å². The molecular formula is C17H32N2O4S. The van der Waals surface area contributed by atoms with E-state index < -0.39 is 9.84 Å². The fourth-order valence-corrected chi connectivity index (χ4v) is 5.57. The van der Waals surface area contributed by atoms with Gasteiger partial charge in [-0.05, 0) is 45.1 Å². The molecule has 1 aliphatic carbocycles. The van der Waals surface area contributed by atoms with Crippen molar-refractivity contribution in [2.75, 3.05) is 45.4 Å². The van der Waals surface area contributed by atoms with Crippen molar-refractivity contribution < 1.29 is 17.9 Å². The van der Waals surface area contributed by atoms with Crippen molar-refractivity contribution in [2.45, 2.75) is 51.1 Å². The minimum absolute atomic E-state index is 0.0234. The van der Waals surface area contributed by atoms with Crippen LogP contribution in [0, 0.1) is 5.92 Å². The van der Waals surface area contributed by atoms with Gasteiger partial charge in [-0.15, -0.1) is 0 Å². The molecule has 1 heterocycles. The highest BCUT2D eigenvalue weighted by Gasteiger charge is 2.35. The third kappa shape index (κ3) is 5.43. The molecule has 140 valence electrons. The molecule has 24 heavy (non-hydrogen) atoms. The molecule has 2 rings (SSSR count). The molecule has 2 fully saturated rings. The van der Waals surface area contributed by atoms with Crippen molar-refractivity contribution in [3.8, 4) is 0 Å². The van der Waals surface area contributed by atoms with Crippen LogP contribution < -0.4 is 0 Å². The van der Waals surface area contributed by atoms with Crippen LogP contribution in [0.15, 0.2) is 0 Å². The van der Waals surface area contributed by atoms with Gasteiger partial charge in [0.05, 0.1) is 24.7 Å². The summed E-state index contributed by atoms with van der Waals surface area (Å²) in [5.74, 6) is 1.08. The Morgan fingerprint density at radius 3 is 2.33 bits per heavy atom. The van der Waals surface area contributed by atoms with E-state index in [9.17, 15) is 13.2 Å². The number of rotatable bonds is 7. The van der Waals surface area contributed by atoms with Crippen LogP contribution in [-0.4, -0.2) is 81.6 Å². The average Bonchev–Trinajstić information content (AvgIpc) is 2.88. The van der Waals surface area contributed by atoms with Crippen molar-refractivity contribution in [1.82, 2.24) is 9.80 Å². The molecule has 0 spiro atoms. The van der Waals surface area contributed by atoms with E-state index in [4.69, 9.17) is 4.74 Å². The Bertz CT molecular complexity index is 515. The summed E-state index contributed by atoms with van der Waals surface area (Å²) >= 11 is 0. The summed E-state index contributed by atoms with van der Waals surface area (Å²) in [6.07, 6.45) is 5.26. The summed E-state index contributed by atoms with van der Waals surface area (Å²) in [4.78, 5) is 16.7. The molecule has 0 N–H and O–H groups in total. The number of likely N-dealkylation sites (N-methyl/N-ethyl adjacent to an activating group) is 1. The number of carbonyl (C=O) groups is 1. The van der Waals surface area contributed by atoms with E-state index in [-0.39, 0.29) is 23.5 Å². The molecule has 0 aromatic heterocycles. The Hall–Kier alpha value is -0.660. The molecule has 0 aromatic carbocycles. The van der Waals surface area contributed by atoms with Crippen LogP contribution in [0.5, 0.6) is 0 Å². The Morgan fingerprint density at radius 1 is 1.12 bits per heavy atom. The van der Waals surface area contributed by atoms with E-state index in [0.29, 0.717) is 32.2 Å². The first-order chi connectivity index (χ1) is 11.3. The lowest BCUT2D eigenvalue weighted by Gasteiger charge is -2.35. The maximum absolute atomic E-state index is 12.8. The first kappa shape index (κ1) is 19.7. The van der Waals surface area contributed by atoms with Gasteiger partial charge in [-0.3, -0.25) is 9.69 Å². The van der Waals surface area contributed by atoms with Gasteiger partial charge < -0.3 is 9.64 Å². The lowest BCUT2D eigenvalue weighted by Crippen LogP contribution is -2.49. The maximum Gasteiger partial charge on any atom is 0.237 e. The molecule has 2 aliphatic rings. The lowest BCUT2D eigenvalue weighted by molar-refractivity contribution is -0.135. The van der Waals surface area contributed by atoms with E-state index >= 15 is 0 Å². The van der Waals surface area contributed by atoms with Gasteiger partial charge >= 0.3 is 0 Å². The molecule has 1 saturated heterocycles. The van der Waals surface area contributed by atoms with Crippen molar-refractivity contribution in [3.05, 3.63) is 0 Å². The van der Waals surface area contributed by atoms with Crippen molar-refractivity contribution in [1.29, 1.82) is 0 Å². The zero-order valence-electron chi connectivity index (χ0n) is 15.2. The van der Waals surface area contributed by atoms with Crippen molar-refractivity contribution in [3.63, 3.8) is 0 Å². The Morgan fingerprint density at radius 2 is 1.79 bits per heavy atom. The lowest BCUT2D eigenvalue weighted by atomic mass is 9.87. The molecule has 0 radical (unpaired) electrons. The molecule has 6 nitrogen and oxygen atoms in total. The topological polar surface area (TPSA) is 66.9 Å². The highest BCUT2D eigenvalue weighted by atomic mass is 32.2. The largest absolute Gasteiger partial charge is 0.383 e. The maximum atomic E-state index is 12.8. The van der Waals surface area contributed by atoms with Crippen LogP contribution in [-0.2, 0) is 19.4 Å². The molecule has 1 aliphatic heterocycles. The monoisotopic (exact) mass is 360 g/mol. The predicted octanol–water partition coefficient (Wildman–Crippen LogP) is 1.16. The van der Waals surface area contributed by atoms with Crippen LogP contribution in [0.2, 0.25) is 0 Å². The van der Waals surface area contributed by atoms with Gasteiger partial charge in [0.25, 0.3) is 0 Å². The summed E-state index contributed by atoms with van der Waals surface area (Å²) in [5.41, 5.74) is 0. The fraction of sp³-hybridized carbons (Fsp3) is 0.941. The summed E-state index contributed by atoms with van der Waals surface area (Å²) in [6.45, 7) is 3.55. The summed E-state index contributed by atoms with van der Waals surface area (Å²) < 4.78 is 28.6. The summed E-state index contributed by atoms with van der Waals surface area (Å²) in [6, 6.07) is 0.263. The second kappa shape index (κ2) is 8.63. The number of amides is 1. The smallest absolute Gasteiger partial charge is 0.237 e. The third-order valence-corrected chi connectivity index (χ3v) is 7.25. The van der Waals surface area contributed by atoms with Gasteiger partial charge in [0, 0.05) is 25.7 Å². The molecule has 0 bridgehead atoms. The average molecular weight is 361 g/mol. The van der Waals surface area contributed by atoms with Gasteiger partial charge in [-0.2, -0.15) is 0 Å². The van der Waals surface area contributed by atoms with E-state index in [0.717, 1.165) is 18.8 Å². The van der Waals surface area contributed by atoms with Crippen molar-refractivity contribution in [2.24, 2.45) is 5.92 Å². The van der Waals surface area contributed by atoms with Crippen molar-refractivity contribution >= 4 is 15.7 Å². The second-order valence-corrected chi connectivity index (χ2v) is 9.69. The van der Waals surface area contributed by atoms with Crippen LogP contribution >= 0.6 is 0 Å². The SMILES string of the molecule is COCCN(C(=O)CN(C)C1CCC(C)CC1)C1CCS(=O)(=O)C1. The molecule has 7 heteroatoms. The van der Waals surface area contributed by atoms with Gasteiger partial charge in [0.15, 0.2) is 9.84 Å². The first-order valence-corrected chi connectivity index (χ1v) is 10.8. The highest BCUT2D eigenvalue weighted by Crippen LogP contribution is 2.26. The minimum Gasteiger partial charge on any atom is -0.383 e. The number of sulfone groups is 1. The van der Waals surface area contributed by atoms with Crippen LogP contribution in [0.3, 0.4) is 0 Å². The Balaban J connectivity index is 1.94. The van der Waals surface area contributed by atoms with E-state index in [1.165, 1.54) is 12.8 Å². The highest BCUT2D eigenvalue weighted by molar-refractivity contribution is 7.91. The Labute approximate surface area is 146 Å². The number of nitrogens with zero attached hydrogens (tertiary/aromatic N) is 2. The van der Waals surface area contributed by atoms with E-state index in [1.807, 2.05) is 7.05 Å². The van der Waals surface area contributed by atoms with Gasteiger partial charge in [-0.25, -0.2) is 8.42 Å². The standard InChI is InChI=1S/C17H32N2O4S/c1-14-4-6-15(7-5-14)18(2)12-17(20)19(9-10-23-3)16-8-11-24(21,22)13-16/h14-16H,4-13H2,1-3H3. The second-order valence-electron chi connectivity index (χ2n) is 7.47. The predicted molar refractivity (Wildman–Crippen MR) is 94.7 cm³/mol. The molecule has 1 saturated carbocycles. The number of carbonyl (C=O) groups excluding carboxylic acids is 1. The fourth-order valence-electron chi connectivity index (χ4n) is 3.84.